The zero-order valence-corrected chi connectivity index (χ0v) is 10.4. The molecule has 4 heteroatoms. The smallest absolute Gasteiger partial charge is 0.342 e. The van der Waals surface area contributed by atoms with E-state index >= 15 is 0 Å². The second kappa shape index (κ2) is 5.52. The van der Waals surface area contributed by atoms with Crippen molar-refractivity contribution in [3.05, 3.63) is 65.0 Å². The highest BCUT2D eigenvalue weighted by Gasteiger charge is 2.19. The lowest BCUT2D eigenvalue weighted by Crippen LogP contribution is -2.07. The number of aromatic carboxylic acids is 1. The number of halogens is 1. The van der Waals surface area contributed by atoms with Gasteiger partial charge in [0.25, 0.3) is 0 Å². The topological polar surface area (TPSA) is 46.5 Å². The zero-order valence-electron chi connectivity index (χ0n) is 10.4. The van der Waals surface area contributed by atoms with Crippen LogP contribution in [0.3, 0.4) is 0 Å². The van der Waals surface area contributed by atoms with E-state index in [1.807, 2.05) is 30.3 Å². The second-order valence-corrected chi connectivity index (χ2v) is 4.15. The van der Waals surface area contributed by atoms with Crippen LogP contribution in [0.1, 0.15) is 21.5 Å². The molecule has 98 valence electrons. The van der Waals surface area contributed by atoms with Crippen molar-refractivity contribution in [2.45, 2.75) is 13.5 Å². The van der Waals surface area contributed by atoms with Crippen LogP contribution in [0.2, 0.25) is 0 Å². The molecule has 2 rings (SSSR count). The molecule has 1 N–H and O–H groups in total. The summed E-state index contributed by atoms with van der Waals surface area (Å²) in [6.07, 6.45) is 0. The van der Waals surface area contributed by atoms with Crippen molar-refractivity contribution in [2.75, 3.05) is 0 Å². The monoisotopic (exact) mass is 260 g/mol. The summed E-state index contributed by atoms with van der Waals surface area (Å²) in [5.41, 5.74) is 0.750. The largest absolute Gasteiger partial charge is 0.488 e. The first-order chi connectivity index (χ1) is 9.09. The minimum absolute atomic E-state index is 0.0412. The van der Waals surface area contributed by atoms with Crippen LogP contribution >= 0.6 is 0 Å². The summed E-state index contributed by atoms with van der Waals surface area (Å²) in [7, 11) is 0. The SMILES string of the molecule is Cc1ccc(OCc2ccccc2)c(C(=O)O)c1F. The molecule has 0 aliphatic heterocycles. The van der Waals surface area contributed by atoms with Crippen molar-refractivity contribution in [3.63, 3.8) is 0 Å². The Morgan fingerprint density at radius 3 is 2.53 bits per heavy atom. The average Bonchev–Trinajstić information content (AvgIpc) is 2.41. The Morgan fingerprint density at radius 2 is 1.89 bits per heavy atom. The van der Waals surface area contributed by atoms with Gasteiger partial charge in [-0.3, -0.25) is 0 Å². The number of aryl methyl sites for hydroxylation is 1. The first kappa shape index (κ1) is 13.1. The van der Waals surface area contributed by atoms with Crippen LogP contribution in [0.25, 0.3) is 0 Å². The summed E-state index contributed by atoms with van der Waals surface area (Å²) < 4.78 is 19.2. The van der Waals surface area contributed by atoms with Crippen molar-refractivity contribution in [2.24, 2.45) is 0 Å². The third kappa shape index (κ3) is 2.91. The van der Waals surface area contributed by atoms with Crippen molar-refractivity contribution in [3.8, 4) is 5.75 Å². The first-order valence-corrected chi connectivity index (χ1v) is 5.78. The van der Waals surface area contributed by atoms with Gasteiger partial charge < -0.3 is 9.84 Å². The van der Waals surface area contributed by atoms with E-state index in [-0.39, 0.29) is 17.9 Å². The van der Waals surface area contributed by atoms with Crippen molar-refractivity contribution >= 4 is 5.97 Å². The molecular formula is C15H13FO3. The highest BCUT2D eigenvalue weighted by atomic mass is 19.1. The zero-order chi connectivity index (χ0) is 13.8. The maximum atomic E-state index is 13.8. The Balaban J connectivity index is 2.26. The van der Waals surface area contributed by atoms with Crippen LogP contribution in [0.4, 0.5) is 4.39 Å². The highest BCUT2D eigenvalue weighted by molar-refractivity contribution is 5.91. The molecule has 0 saturated carbocycles. The van der Waals surface area contributed by atoms with Crippen LogP contribution in [0, 0.1) is 12.7 Å². The number of benzene rings is 2. The van der Waals surface area contributed by atoms with Gasteiger partial charge in [-0.1, -0.05) is 36.4 Å². The van der Waals surface area contributed by atoms with E-state index in [0.717, 1.165) is 5.56 Å². The number of carboxylic acid groups (broad SMARTS) is 1. The maximum absolute atomic E-state index is 13.8. The van der Waals surface area contributed by atoms with E-state index in [1.165, 1.54) is 19.1 Å². The van der Waals surface area contributed by atoms with Crippen molar-refractivity contribution < 1.29 is 19.0 Å². The second-order valence-electron chi connectivity index (χ2n) is 4.15. The first-order valence-electron chi connectivity index (χ1n) is 5.78. The van der Waals surface area contributed by atoms with E-state index < -0.39 is 17.3 Å². The minimum atomic E-state index is -1.33. The summed E-state index contributed by atoms with van der Waals surface area (Å²) >= 11 is 0. The van der Waals surface area contributed by atoms with E-state index in [1.54, 1.807) is 0 Å². The number of rotatable bonds is 4. The molecule has 0 heterocycles. The lowest BCUT2D eigenvalue weighted by Gasteiger charge is -2.11. The van der Waals surface area contributed by atoms with Gasteiger partial charge >= 0.3 is 5.97 Å². The summed E-state index contributed by atoms with van der Waals surface area (Å²) in [6, 6.07) is 12.3. The molecule has 0 unspecified atom stereocenters. The molecule has 0 aromatic heterocycles. The lowest BCUT2D eigenvalue weighted by atomic mass is 10.1. The van der Waals surface area contributed by atoms with Gasteiger partial charge in [0.1, 0.15) is 23.7 Å². The van der Waals surface area contributed by atoms with Gasteiger partial charge in [-0.25, -0.2) is 9.18 Å². The molecule has 0 saturated heterocycles. The molecule has 0 fully saturated rings. The van der Waals surface area contributed by atoms with E-state index in [2.05, 4.69) is 0 Å². The number of hydrogen-bond acceptors (Lipinski definition) is 2. The maximum Gasteiger partial charge on any atom is 0.342 e. The fourth-order valence-corrected chi connectivity index (χ4v) is 1.72. The fourth-order valence-electron chi connectivity index (χ4n) is 1.72. The van der Waals surface area contributed by atoms with Crippen LogP contribution < -0.4 is 4.74 Å². The van der Waals surface area contributed by atoms with E-state index in [9.17, 15) is 9.18 Å². The standard InChI is InChI=1S/C15H13FO3/c1-10-7-8-12(13(14(10)16)15(17)18)19-9-11-5-3-2-4-6-11/h2-8H,9H2,1H3,(H,17,18). The summed E-state index contributed by atoms with van der Waals surface area (Å²) in [5, 5.41) is 9.05. The fraction of sp³-hybridized carbons (Fsp3) is 0.133. The van der Waals surface area contributed by atoms with Gasteiger partial charge in [0.2, 0.25) is 0 Å². The minimum Gasteiger partial charge on any atom is -0.488 e. The predicted molar refractivity (Wildman–Crippen MR) is 68.9 cm³/mol. The summed E-state index contributed by atoms with van der Waals surface area (Å²) in [6.45, 7) is 1.71. The molecule has 3 nitrogen and oxygen atoms in total. The molecular weight excluding hydrogens is 247 g/mol. The Morgan fingerprint density at radius 1 is 1.21 bits per heavy atom. The number of carboxylic acids is 1. The van der Waals surface area contributed by atoms with Crippen molar-refractivity contribution in [1.82, 2.24) is 0 Å². The van der Waals surface area contributed by atoms with Gasteiger partial charge in [-0.05, 0) is 24.1 Å². The Labute approximate surface area is 110 Å². The number of ether oxygens (including phenoxy) is 1. The molecule has 2 aromatic carbocycles. The van der Waals surface area contributed by atoms with Gasteiger partial charge in [-0.2, -0.15) is 0 Å². The van der Waals surface area contributed by atoms with Gasteiger partial charge in [0.15, 0.2) is 0 Å². The predicted octanol–water partition coefficient (Wildman–Crippen LogP) is 3.41. The molecule has 0 spiro atoms. The molecule has 0 bridgehead atoms. The lowest BCUT2D eigenvalue weighted by molar-refractivity contribution is 0.0686. The molecule has 19 heavy (non-hydrogen) atoms. The Kier molecular flexibility index (Phi) is 3.80. The molecule has 0 amide bonds. The van der Waals surface area contributed by atoms with Crippen molar-refractivity contribution in [1.29, 1.82) is 0 Å². The molecule has 0 atom stereocenters. The van der Waals surface area contributed by atoms with Gasteiger partial charge in [-0.15, -0.1) is 0 Å². The van der Waals surface area contributed by atoms with E-state index in [0.29, 0.717) is 0 Å². The molecule has 0 aliphatic carbocycles. The van der Waals surface area contributed by atoms with Crippen LogP contribution in [-0.4, -0.2) is 11.1 Å². The average molecular weight is 260 g/mol. The Bertz CT molecular complexity index is 594. The van der Waals surface area contributed by atoms with E-state index in [4.69, 9.17) is 9.84 Å². The summed E-state index contributed by atoms with van der Waals surface area (Å²) in [5.74, 6) is -2.04. The number of hydrogen-bond donors (Lipinski definition) is 1. The summed E-state index contributed by atoms with van der Waals surface area (Å²) in [4.78, 5) is 11.1. The highest BCUT2D eigenvalue weighted by Crippen LogP contribution is 2.25. The van der Waals surface area contributed by atoms with Crippen LogP contribution in [0.5, 0.6) is 5.75 Å². The van der Waals surface area contributed by atoms with Crippen LogP contribution in [0.15, 0.2) is 42.5 Å². The molecule has 0 radical (unpaired) electrons. The quantitative estimate of drug-likeness (QED) is 0.916. The Hall–Kier alpha value is -2.36. The normalized spacial score (nSPS) is 10.2. The van der Waals surface area contributed by atoms with Gasteiger partial charge in [0, 0.05) is 0 Å². The molecule has 0 aliphatic rings. The van der Waals surface area contributed by atoms with Crippen LogP contribution in [-0.2, 0) is 6.61 Å². The number of carbonyl (C=O) groups is 1. The third-order valence-electron chi connectivity index (χ3n) is 2.75. The van der Waals surface area contributed by atoms with Gasteiger partial charge in [0.05, 0.1) is 0 Å². The third-order valence-corrected chi connectivity index (χ3v) is 2.75. The molecule has 2 aromatic rings.